The smallest absolute Gasteiger partial charge is 0.159 e. The molecule has 2 atom stereocenters. The second-order valence-corrected chi connectivity index (χ2v) is 8.77. The quantitative estimate of drug-likeness (QED) is 0.276. The average molecular weight is 489 g/mol. The van der Waals surface area contributed by atoms with Crippen molar-refractivity contribution in [3.63, 3.8) is 0 Å². The molecule has 0 aliphatic carbocycles. The van der Waals surface area contributed by atoms with Crippen molar-refractivity contribution < 1.29 is 13.5 Å². The van der Waals surface area contributed by atoms with E-state index in [1.807, 2.05) is 35.9 Å². The largest absolute Gasteiger partial charge is 0.358 e. The minimum absolute atomic E-state index is 0.0373. The van der Waals surface area contributed by atoms with Crippen LogP contribution in [0.4, 0.5) is 14.5 Å². The maximum absolute atomic E-state index is 14.1. The van der Waals surface area contributed by atoms with Crippen molar-refractivity contribution in [2.75, 3.05) is 5.32 Å². The number of epoxide rings is 1. The van der Waals surface area contributed by atoms with Crippen LogP contribution >= 0.6 is 11.6 Å². The summed E-state index contributed by atoms with van der Waals surface area (Å²) in [5, 5.41) is 3.30. The van der Waals surface area contributed by atoms with E-state index in [9.17, 15) is 8.78 Å². The van der Waals surface area contributed by atoms with E-state index in [-0.39, 0.29) is 23.2 Å². The van der Waals surface area contributed by atoms with Gasteiger partial charge in [-0.25, -0.2) is 13.8 Å². The molecule has 0 bridgehead atoms. The predicted molar refractivity (Wildman–Crippen MR) is 131 cm³/mol. The fourth-order valence-electron chi connectivity index (χ4n) is 4.30. The van der Waals surface area contributed by atoms with Crippen LogP contribution in [0.25, 0.3) is 28.0 Å². The van der Waals surface area contributed by atoms with Gasteiger partial charge < -0.3 is 10.1 Å². The number of ether oxygens (including phenoxy) is 1. The first-order valence-corrected chi connectivity index (χ1v) is 11.4. The summed E-state index contributed by atoms with van der Waals surface area (Å²) in [6.07, 6.45) is 5.05. The van der Waals surface area contributed by atoms with Crippen LogP contribution in [0.2, 0.25) is 5.02 Å². The van der Waals surface area contributed by atoms with Crippen molar-refractivity contribution >= 4 is 22.8 Å². The Morgan fingerprint density at radius 1 is 0.971 bits per heavy atom. The minimum Gasteiger partial charge on any atom is -0.358 e. The van der Waals surface area contributed by atoms with Crippen molar-refractivity contribution in [1.82, 2.24) is 14.4 Å². The van der Waals surface area contributed by atoms with Gasteiger partial charge in [-0.15, -0.1) is 0 Å². The second kappa shape index (κ2) is 8.45. The molecule has 4 heterocycles. The van der Waals surface area contributed by atoms with E-state index in [0.29, 0.717) is 11.4 Å². The Kier molecular flexibility index (Phi) is 5.24. The normalized spacial score (nSPS) is 17.0. The number of fused-ring (bicyclic) bond motifs is 1. The fourth-order valence-corrected chi connectivity index (χ4v) is 4.51. The topological polar surface area (TPSA) is 54.8 Å². The highest BCUT2D eigenvalue weighted by Crippen LogP contribution is 2.42. The van der Waals surface area contributed by atoms with Gasteiger partial charge in [0.25, 0.3) is 0 Å². The molecular weight excluding hydrogens is 470 g/mol. The number of aromatic nitrogens is 3. The summed E-state index contributed by atoms with van der Waals surface area (Å²) in [6.45, 7) is 1.94. The van der Waals surface area contributed by atoms with E-state index in [4.69, 9.17) is 16.3 Å². The standard InChI is InChI=1S/C27H19ClF2N4O/c1-15-21(25-27(35-25)33-18-9-7-17(29)8-10-18)12-16(13-31-15)19-5-3-11-34-23(19)14-32-26(34)20-4-2-6-22(30)24(20)28/h2-14,25,27,33H,1H3. The van der Waals surface area contributed by atoms with Crippen LogP contribution in [0.5, 0.6) is 0 Å². The molecule has 1 fully saturated rings. The molecule has 5 nitrogen and oxygen atoms in total. The Bertz CT molecular complexity index is 1570. The molecule has 0 amide bonds. The highest BCUT2D eigenvalue weighted by Gasteiger charge is 2.41. The monoisotopic (exact) mass is 488 g/mol. The highest BCUT2D eigenvalue weighted by molar-refractivity contribution is 6.33. The van der Waals surface area contributed by atoms with Crippen LogP contribution in [0.3, 0.4) is 0 Å². The van der Waals surface area contributed by atoms with Gasteiger partial charge >= 0.3 is 0 Å². The molecule has 6 rings (SSSR count). The van der Waals surface area contributed by atoms with Crippen molar-refractivity contribution in [3.05, 3.63) is 107 Å². The van der Waals surface area contributed by atoms with Crippen molar-refractivity contribution in [2.24, 2.45) is 0 Å². The van der Waals surface area contributed by atoms with E-state index < -0.39 is 5.82 Å². The molecular formula is C27H19ClF2N4O. The third-order valence-corrected chi connectivity index (χ3v) is 6.54. The molecule has 0 spiro atoms. The molecule has 1 N–H and O–H groups in total. The number of nitrogens with one attached hydrogen (secondary N) is 1. The third-order valence-electron chi connectivity index (χ3n) is 6.15. The van der Waals surface area contributed by atoms with Crippen molar-refractivity contribution in [2.45, 2.75) is 19.3 Å². The number of halogens is 3. The van der Waals surface area contributed by atoms with Gasteiger partial charge in [0.1, 0.15) is 23.6 Å². The maximum atomic E-state index is 14.1. The van der Waals surface area contributed by atoms with Gasteiger partial charge in [0, 0.05) is 46.0 Å². The molecule has 0 saturated carbocycles. The summed E-state index contributed by atoms with van der Waals surface area (Å²) < 4.78 is 35.0. The molecule has 3 aromatic heterocycles. The number of rotatable bonds is 5. The summed E-state index contributed by atoms with van der Waals surface area (Å²) >= 11 is 6.22. The van der Waals surface area contributed by atoms with Crippen LogP contribution in [0, 0.1) is 18.6 Å². The number of benzene rings is 2. The summed E-state index contributed by atoms with van der Waals surface area (Å²) in [7, 11) is 0. The number of anilines is 1. The lowest BCUT2D eigenvalue weighted by Gasteiger charge is -2.10. The highest BCUT2D eigenvalue weighted by atomic mass is 35.5. The second-order valence-electron chi connectivity index (χ2n) is 8.39. The van der Waals surface area contributed by atoms with E-state index in [1.54, 1.807) is 30.5 Å². The summed E-state index contributed by atoms with van der Waals surface area (Å²) in [5.41, 5.74) is 5.82. The van der Waals surface area contributed by atoms with Gasteiger partial charge in [0.2, 0.25) is 0 Å². The summed E-state index contributed by atoms with van der Waals surface area (Å²) in [5.74, 6) is -0.216. The molecule has 35 heavy (non-hydrogen) atoms. The van der Waals surface area contributed by atoms with Gasteiger partial charge in [-0.2, -0.15) is 0 Å². The summed E-state index contributed by atoms with van der Waals surface area (Å²) in [6, 6.07) is 16.8. The average Bonchev–Trinajstić information content (AvgIpc) is 3.48. The van der Waals surface area contributed by atoms with Gasteiger partial charge in [-0.1, -0.05) is 23.7 Å². The Morgan fingerprint density at radius 2 is 1.77 bits per heavy atom. The lowest BCUT2D eigenvalue weighted by Crippen LogP contribution is -2.05. The van der Waals surface area contributed by atoms with Crippen molar-refractivity contribution in [1.29, 1.82) is 0 Å². The molecule has 5 aromatic rings. The number of nitrogens with zero attached hydrogens (tertiary/aromatic N) is 3. The third kappa shape index (κ3) is 3.92. The van der Waals surface area contributed by atoms with Crippen LogP contribution in [-0.2, 0) is 4.74 Å². The lowest BCUT2D eigenvalue weighted by molar-refractivity contribution is 0.385. The van der Waals surface area contributed by atoms with E-state index in [0.717, 1.165) is 33.6 Å². The van der Waals surface area contributed by atoms with Gasteiger partial charge in [-0.3, -0.25) is 9.38 Å². The number of pyridine rings is 2. The Hall–Kier alpha value is -3.81. The zero-order valence-electron chi connectivity index (χ0n) is 18.5. The Labute approximate surface area is 205 Å². The molecule has 8 heteroatoms. The van der Waals surface area contributed by atoms with Crippen molar-refractivity contribution in [3.8, 4) is 22.5 Å². The zero-order valence-corrected chi connectivity index (χ0v) is 19.3. The van der Waals surface area contributed by atoms with Crippen LogP contribution < -0.4 is 5.32 Å². The van der Waals surface area contributed by atoms with Crippen LogP contribution in [-0.4, -0.2) is 20.6 Å². The molecule has 0 radical (unpaired) electrons. The molecule has 1 saturated heterocycles. The van der Waals surface area contributed by atoms with Crippen LogP contribution in [0.1, 0.15) is 17.4 Å². The van der Waals surface area contributed by atoms with E-state index in [2.05, 4.69) is 21.4 Å². The van der Waals surface area contributed by atoms with Gasteiger partial charge in [0.05, 0.1) is 16.7 Å². The first-order valence-electron chi connectivity index (χ1n) is 11.0. The number of hydrogen-bond donors (Lipinski definition) is 1. The van der Waals surface area contributed by atoms with Gasteiger partial charge in [0.15, 0.2) is 6.23 Å². The summed E-state index contributed by atoms with van der Waals surface area (Å²) in [4.78, 5) is 9.15. The fraction of sp³-hybridized carbons (Fsp3) is 0.111. The molecule has 174 valence electrons. The van der Waals surface area contributed by atoms with Crippen LogP contribution in [0.15, 0.2) is 79.3 Å². The molecule has 2 aromatic carbocycles. The predicted octanol–water partition coefficient (Wildman–Crippen LogP) is 6.81. The molecule has 1 aliphatic rings. The SMILES string of the molecule is Cc1ncc(-c2cccn3c(-c4cccc(F)c4Cl)ncc23)cc1C1OC1Nc1ccc(F)cc1. The maximum Gasteiger partial charge on any atom is 0.159 e. The first-order chi connectivity index (χ1) is 17.0. The number of imidazole rings is 1. The minimum atomic E-state index is -0.488. The van der Waals surface area contributed by atoms with Gasteiger partial charge in [-0.05, 0) is 55.5 Å². The molecule has 1 aliphatic heterocycles. The number of hydrogen-bond acceptors (Lipinski definition) is 4. The lowest BCUT2D eigenvalue weighted by atomic mass is 10.0. The Morgan fingerprint density at radius 3 is 2.60 bits per heavy atom. The van der Waals surface area contributed by atoms with E-state index in [1.165, 1.54) is 18.2 Å². The Balaban J connectivity index is 1.34. The van der Waals surface area contributed by atoms with E-state index >= 15 is 0 Å². The molecule has 2 unspecified atom stereocenters. The first kappa shape index (κ1) is 21.7. The zero-order chi connectivity index (χ0) is 24.1. The number of aryl methyl sites for hydroxylation is 1.